The summed E-state index contributed by atoms with van der Waals surface area (Å²) < 4.78 is 0.854. The van der Waals surface area contributed by atoms with Gasteiger partial charge in [-0.05, 0) is 34.1 Å². The molecule has 0 aliphatic heterocycles. The Balaban J connectivity index is 2.47. The highest BCUT2D eigenvalue weighted by molar-refractivity contribution is 9.11. The van der Waals surface area contributed by atoms with Crippen LogP contribution < -0.4 is 5.73 Å². The summed E-state index contributed by atoms with van der Waals surface area (Å²) in [7, 11) is 0. The van der Waals surface area contributed by atoms with E-state index in [1.807, 2.05) is 6.07 Å². The first-order chi connectivity index (χ1) is 8.00. The maximum atomic E-state index is 6.16. The lowest BCUT2D eigenvalue weighted by Crippen LogP contribution is -2.11. The molecule has 17 heavy (non-hydrogen) atoms. The average molecular weight is 372 g/mol. The summed E-state index contributed by atoms with van der Waals surface area (Å²) in [5.41, 5.74) is 6.89. The van der Waals surface area contributed by atoms with E-state index in [0.717, 1.165) is 14.2 Å². The van der Waals surface area contributed by atoms with Gasteiger partial charge in [-0.15, -0.1) is 11.3 Å². The Morgan fingerprint density at radius 1 is 1.12 bits per heavy atom. The summed E-state index contributed by atoms with van der Waals surface area (Å²) in [4.78, 5) is 0.914. The Labute approximate surface area is 127 Å². The average Bonchev–Trinajstić information content (AvgIpc) is 2.59. The van der Waals surface area contributed by atoms with Gasteiger partial charge in [0.25, 0.3) is 0 Å². The van der Waals surface area contributed by atoms with E-state index in [0.29, 0.717) is 15.1 Å². The van der Waals surface area contributed by atoms with Crippen molar-refractivity contribution in [1.29, 1.82) is 0 Å². The van der Waals surface area contributed by atoms with E-state index in [-0.39, 0.29) is 6.04 Å². The molecule has 1 atom stereocenters. The quantitative estimate of drug-likeness (QED) is 0.739. The third kappa shape index (κ3) is 2.80. The van der Waals surface area contributed by atoms with Crippen molar-refractivity contribution in [3.8, 4) is 0 Å². The normalized spacial score (nSPS) is 12.8. The zero-order valence-electron chi connectivity index (χ0n) is 8.38. The minimum atomic E-state index is -0.370. The van der Waals surface area contributed by atoms with E-state index in [2.05, 4.69) is 15.9 Å². The third-order valence-corrected chi connectivity index (χ3v) is 5.50. The molecule has 0 aliphatic carbocycles. The number of thiophene rings is 1. The summed E-state index contributed by atoms with van der Waals surface area (Å²) >= 11 is 23.1. The fourth-order valence-electron chi connectivity index (χ4n) is 1.47. The topological polar surface area (TPSA) is 26.0 Å². The van der Waals surface area contributed by atoms with Gasteiger partial charge in [0.2, 0.25) is 0 Å². The van der Waals surface area contributed by atoms with Gasteiger partial charge in [-0.25, -0.2) is 0 Å². The second-order valence-electron chi connectivity index (χ2n) is 3.38. The maximum Gasteiger partial charge on any atom is 0.0888 e. The Bertz CT molecular complexity index is 516. The van der Waals surface area contributed by atoms with Gasteiger partial charge in [-0.3, -0.25) is 0 Å². The second kappa shape index (κ2) is 5.47. The van der Waals surface area contributed by atoms with Gasteiger partial charge >= 0.3 is 0 Å². The van der Waals surface area contributed by atoms with Crippen LogP contribution in [0.3, 0.4) is 0 Å². The van der Waals surface area contributed by atoms with E-state index < -0.39 is 0 Å². The van der Waals surface area contributed by atoms with Crippen molar-refractivity contribution >= 4 is 62.1 Å². The maximum absolute atomic E-state index is 6.16. The first-order valence-electron chi connectivity index (χ1n) is 4.65. The van der Waals surface area contributed by atoms with Crippen molar-refractivity contribution in [2.45, 2.75) is 6.04 Å². The highest BCUT2D eigenvalue weighted by atomic mass is 79.9. The van der Waals surface area contributed by atoms with Crippen LogP contribution in [0.25, 0.3) is 0 Å². The second-order valence-corrected chi connectivity index (χ2v) is 7.01. The highest BCUT2D eigenvalue weighted by Gasteiger charge is 2.19. The van der Waals surface area contributed by atoms with Gasteiger partial charge in [-0.1, -0.05) is 40.9 Å². The van der Waals surface area contributed by atoms with E-state index in [1.54, 1.807) is 18.2 Å². The predicted octanol–water partition coefficient (Wildman–Crippen LogP) is 5.52. The Hall–Kier alpha value is 0.230. The molecule has 2 rings (SSSR count). The van der Waals surface area contributed by atoms with Crippen LogP contribution in [0.4, 0.5) is 0 Å². The van der Waals surface area contributed by atoms with E-state index in [4.69, 9.17) is 40.5 Å². The van der Waals surface area contributed by atoms with Crippen molar-refractivity contribution in [2.24, 2.45) is 5.73 Å². The van der Waals surface area contributed by atoms with Crippen LogP contribution in [0, 0.1) is 0 Å². The summed E-state index contributed by atoms with van der Waals surface area (Å²) in [5, 5.41) is 1.76. The molecule has 1 heterocycles. The molecule has 0 bridgehead atoms. The molecule has 0 saturated carbocycles. The largest absolute Gasteiger partial charge is 0.320 e. The minimum Gasteiger partial charge on any atom is -0.320 e. The third-order valence-electron chi connectivity index (χ3n) is 2.28. The van der Waals surface area contributed by atoms with Crippen molar-refractivity contribution in [2.75, 3.05) is 0 Å². The van der Waals surface area contributed by atoms with Crippen LogP contribution in [0.5, 0.6) is 0 Å². The molecule has 0 aliphatic rings. The monoisotopic (exact) mass is 369 g/mol. The summed E-state index contributed by atoms with van der Waals surface area (Å²) in [6, 6.07) is 6.78. The van der Waals surface area contributed by atoms with Gasteiger partial charge in [0, 0.05) is 20.5 Å². The number of rotatable bonds is 2. The summed E-state index contributed by atoms with van der Waals surface area (Å²) in [6.07, 6.45) is 0. The Morgan fingerprint density at radius 3 is 2.18 bits per heavy atom. The highest BCUT2D eigenvalue weighted by Crippen LogP contribution is 2.39. The van der Waals surface area contributed by atoms with Crippen molar-refractivity contribution < 1.29 is 0 Å². The molecule has 0 spiro atoms. The van der Waals surface area contributed by atoms with Crippen molar-refractivity contribution in [1.82, 2.24) is 0 Å². The number of halogens is 4. The van der Waals surface area contributed by atoms with Gasteiger partial charge in [0.1, 0.15) is 0 Å². The Kier molecular flexibility index (Phi) is 4.40. The molecule has 90 valence electrons. The lowest BCUT2D eigenvalue weighted by atomic mass is 10.1. The molecule has 1 nitrogen and oxygen atoms in total. The molecular formula is C11H7BrCl3NS. The van der Waals surface area contributed by atoms with E-state index in [9.17, 15) is 0 Å². The smallest absolute Gasteiger partial charge is 0.0888 e. The van der Waals surface area contributed by atoms with Crippen LogP contribution in [0.2, 0.25) is 15.1 Å². The lowest BCUT2D eigenvalue weighted by Gasteiger charge is -2.13. The number of benzene rings is 1. The standard InChI is InChI=1S/C11H7BrCl3NS/c12-11-7(15)4-8(17-11)10(16)9-5(13)2-1-3-6(9)14/h1-4,10H,16H2. The number of nitrogens with two attached hydrogens (primary N) is 1. The summed E-state index contributed by atoms with van der Waals surface area (Å²) in [6.45, 7) is 0. The molecule has 0 saturated heterocycles. The lowest BCUT2D eigenvalue weighted by molar-refractivity contribution is 0.894. The Morgan fingerprint density at radius 2 is 1.71 bits per heavy atom. The molecule has 1 aromatic carbocycles. The van der Waals surface area contributed by atoms with Gasteiger partial charge in [0.05, 0.1) is 14.9 Å². The van der Waals surface area contributed by atoms with Crippen LogP contribution in [0.15, 0.2) is 28.1 Å². The fraction of sp³-hybridized carbons (Fsp3) is 0.0909. The van der Waals surface area contributed by atoms with E-state index in [1.165, 1.54) is 11.3 Å². The van der Waals surface area contributed by atoms with Crippen LogP contribution in [0.1, 0.15) is 16.5 Å². The van der Waals surface area contributed by atoms with Gasteiger partial charge < -0.3 is 5.73 Å². The zero-order valence-corrected chi connectivity index (χ0v) is 13.1. The summed E-state index contributed by atoms with van der Waals surface area (Å²) in [5.74, 6) is 0. The minimum absolute atomic E-state index is 0.370. The molecule has 6 heteroatoms. The molecule has 1 unspecified atom stereocenters. The first-order valence-corrected chi connectivity index (χ1v) is 7.39. The van der Waals surface area contributed by atoms with Crippen LogP contribution in [-0.4, -0.2) is 0 Å². The van der Waals surface area contributed by atoms with Gasteiger partial charge in [0.15, 0.2) is 0 Å². The van der Waals surface area contributed by atoms with Crippen LogP contribution >= 0.6 is 62.1 Å². The van der Waals surface area contributed by atoms with E-state index >= 15 is 0 Å². The predicted molar refractivity (Wildman–Crippen MR) is 79.5 cm³/mol. The molecule has 2 aromatic rings. The zero-order chi connectivity index (χ0) is 12.6. The van der Waals surface area contributed by atoms with Crippen molar-refractivity contribution in [3.63, 3.8) is 0 Å². The fourth-order valence-corrected chi connectivity index (χ4v) is 3.86. The molecule has 0 amide bonds. The number of hydrogen-bond donors (Lipinski definition) is 1. The van der Waals surface area contributed by atoms with Crippen LogP contribution in [-0.2, 0) is 0 Å². The molecule has 0 fully saturated rings. The first kappa shape index (κ1) is 13.7. The van der Waals surface area contributed by atoms with Gasteiger partial charge in [-0.2, -0.15) is 0 Å². The molecule has 0 radical (unpaired) electrons. The SMILES string of the molecule is NC(c1cc(Cl)c(Br)s1)c1c(Cl)cccc1Cl. The molecular weight excluding hydrogens is 364 g/mol. The molecule has 1 aromatic heterocycles. The number of hydrogen-bond acceptors (Lipinski definition) is 2. The van der Waals surface area contributed by atoms with Crippen molar-refractivity contribution in [3.05, 3.63) is 53.6 Å². The molecule has 2 N–H and O–H groups in total.